The van der Waals surface area contributed by atoms with E-state index in [1.165, 1.54) is 6.08 Å². The Labute approximate surface area is 83.0 Å². The number of hydrogen-bond donors (Lipinski definition) is 0. The summed E-state index contributed by atoms with van der Waals surface area (Å²) >= 11 is 11.1. The van der Waals surface area contributed by atoms with Crippen LogP contribution in [0, 0.1) is 10.1 Å². The molecular weight excluding hydrogens is 217 g/mol. The van der Waals surface area contributed by atoms with E-state index in [0.717, 1.165) is 6.08 Å². The lowest BCUT2D eigenvalue weighted by Gasteiger charge is -2.04. The summed E-state index contributed by atoms with van der Waals surface area (Å²) in [4.78, 5) is 12.5. The van der Waals surface area contributed by atoms with Crippen molar-refractivity contribution in [2.75, 3.05) is 0 Å². The van der Waals surface area contributed by atoms with Crippen molar-refractivity contribution >= 4 is 28.9 Å². The minimum absolute atomic E-state index is 0.0308. The van der Waals surface area contributed by atoms with E-state index < -0.39 is 11.0 Å². The van der Waals surface area contributed by atoms with Crippen LogP contribution in [0.25, 0.3) is 5.53 Å². The highest BCUT2D eigenvalue weighted by Crippen LogP contribution is 2.21. The third kappa shape index (κ3) is 1.95. The van der Waals surface area contributed by atoms with Crippen LogP contribution in [0.3, 0.4) is 0 Å². The molecule has 0 bridgehead atoms. The molecule has 68 valence electrons. The molecule has 5 nitrogen and oxygen atoms in total. The Morgan fingerprint density at radius 3 is 2.69 bits per heavy atom. The van der Waals surface area contributed by atoms with Crippen LogP contribution in [-0.2, 0) is 0 Å². The molecule has 1 unspecified atom stereocenters. The minimum Gasteiger partial charge on any atom is -0.361 e. The zero-order valence-corrected chi connectivity index (χ0v) is 7.66. The van der Waals surface area contributed by atoms with Gasteiger partial charge < -0.3 is 5.53 Å². The number of halogens is 2. The van der Waals surface area contributed by atoms with Crippen molar-refractivity contribution in [1.82, 2.24) is 0 Å². The zero-order valence-electron chi connectivity index (χ0n) is 6.15. The molecule has 0 aromatic heterocycles. The summed E-state index contributed by atoms with van der Waals surface area (Å²) < 4.78 is 0. The Hall–Kier alpha value is -1.16. The molecule has 0 aliphatic heterocycles. The summed E-state index contributed by atoms with van der Waals surface area (Å²) in [5.41, 5.74) is 8.24. The maximum atomic E-state index is 10.4. The number of nitrogens with zero attached hydrogens (tertiary/aromatic N) is 3. The number of nitro groups is 1. The van der Waals surface area contributed by atoms with Crippen LogP contribution in [0.4, 0.5) is 0 Å². The van der Waals surface area contributed by atoms with Gasteiger partial charge in [-0.2, -0.15) is 4.79 Å². The average molecular weight is 220 g/mol. The molecule has 0 radical (unpaired) electrons. The molecule has 0 saturated carbocycles. The van der Waals surface area contributed by atoms with Crippen molar-refractivity contribution in [2.45, 2.75) is 6.04 Å². The van der Waals surface area contributed by atoms with Crippen LogP contribution in [-0.4, -0.2) is 21.5 Å². The van der Waals surface area contributed by atoms with Gasteiger partial charge in [-0.15, -0.1) is 0 Å². The SMILES string of the molecule is [N-]=[N+]=C1C(Cl)=CC(Cl)=CC1[N+](=O)[O-]. The number of hydrogen-bond acceptors (Lipinski definition) is 2. The summed E-state index contributed by atoms with van der Waals surface area (Å²) in [6, 6.07) is -1.28. The maximum absolute atomic E-state index is 10.4. The lowest BCUT2D eigenvalue weighted by molar-refractivity contribution is -0.493. The van der Waals surface area contributed by atoms with Crippen molar-refractivity contribution in [2.24, 2.45) is 0 Å². The summed E-state index contributed by atoms with van der Waals surface area (Å²) in [6.45, 7) is 0. The van der Waals surface area contributed by atoms with Gasteiger partial charge in [0.15, 0.2) is 0 Å². The van der Waals surface area contributed by atoms with E-state index >= 15 is 0 Å². The highest BCUT2D eigenvalue weighted by atomic mass is 35.5. The van der Waals surface area contributed by atoms with E-state index in [1.54, 1.807) is 0 Å². The van der Waals surface area contributed by atoms with Crippen molar-refractivity contribution in [3.63, 3.8) is 0 Å². The first-order valence-corrected chi connectivity index (χ1v) is 3.92. The molecule has 0 spiro atoms. The Morgan fingerprint density at radius 1 is 1.62 bits per heavy atom. The topological polar surface area (TPSA) is 79.5 Å². The summed E-state index contributed by atoms with van der Waals surface area (Å²) in [7, 11) is 0. The van der Waals surface area contributed by atoms with Crippen molar-refractivity contribution < 1.29 is 9.71 Å². The second-order valence-electron chi connectivity index (χ2n) is 2.26. The molecule has 0 aromatic carbocycles. The number of allylic oxidation sites excluding steroid dienone is 2. The summed E-state index contributed by atoms with van der Waals surface area (Å²) in [5.74, 6) is 0. The van der Waals surface area contributed by atoms with Gasteiger partial charge in [0.25, 0.3) is 0 Å². The second-order valence-corrected chi connectivity index (χ2v) is 3.10. The summed E-state index contributed by atoms with van der Waals surface area (Å²) in [6.07, 6.45) is 2.42. The Kier molecular flexibility index (Phi) is 2.83. The lowest BCUT2D eigenvalue weighted by atomic mass is 10.1. The van der Waals surface area contributed by atoms with Gasteiger partial charge in [-0.05, 0) is 6.08 Å². The predicted octanol–water partition coefficient (Wildman–Crippen LogP) is 1.56. The van der Waals surface area contributed by atoms with Gasteiger partial charge in [0.1, 0.15) is 5.03 Å². The highest BCUT2D eigenvalue weighted by Gasteiger charge is 2.38. The van der Waals surface area contributed by atoms with E-state index in [4.69, 9.17) is 28.7 Å². The first-order valence-electron chi connectivity index (χ1n) is 3.16. The van der Waals surface area contributed by atoms with Gasteiger partial charge in [-0.1, -0.05) is 23.2 Å². The van der Waals surface area contributed by atoms with E-state index in [1.807, 2.05) is 0 Å². The second kappa shape index (κ2) is 3.70. The van der Waals surface area contributed by atoms with Gasteiger partial charge in [-0.25, -0.2) is 0 Å². The third-order valence-electron chi connectivity index (χ3n) is 1.44. The average Bonchev–Trinajstić information content (AvgIpc) is 2.02. The molecule has 1 aliphatic rings. The molecule has 7 heteroatoms. The predicted molar refractivity (Wildman–Crippen MR) is 47.3 cm³/mol. The Bertz CT molecular complexity index is 368. The van der Waals surface area contributed by atoms with Crippen LogP contribution < -0.4 is 0 Å². The minimum atomic E-state index is -1.28. The van der Waals surface area contributed by atoms with Gasteiger partial charge in [-0.3, -0.25) is 10.1 Å². The molecule has 0 N–H and O–H groups in total. The van der Waals surface area contributed by atoms with Gasteiger partial charge in [0.2, 0.25) is 0 Å². The fraction of sp³-hybridized carbons (Fsp3) is 0.167. The van der Waals surface area contributed by atoms with Crippen LogP contribution in [0.5, 0.6) is 0 Å². The van der Waals surface area contributed by atoms with E-state index in [9.17, 15) is 10.1 Å². The lowest BCUT2D eigenvalue weighted by Crippen LogP contribution is -2.30. The van der Waals surface area contributed by atoms with Crippen LogP contribution >= 0.6 is 23.2 Å². The number of rotatable bonds is 1. The van der Waals surface area contributed by atoms with Crippen LogP contribution in [0.1, 0.15) is 0 Å². The molecule has 0 amide bonds. The third-order valence-corrected chi connectivity index (χ3v) is 1.98. The van der Waals surface area contributed by atoms with Gasteiger partial charge in [0, 0.05) is 16.0 Å². The van der Waals surface area contributed by atoms with E-state index in [2.05, 4.69) is 4.79 Å². The normalized spacial score (nSPS) is 21.7. The standard InChI is InChI=1S/C6H3Cl2N3O2/c7-3-1-4(8)6(10-9)5(2-3)11(12)13/h1-2,5H. The molecule has 0 heterocycles. The zero-order chi connectivity index (χ0) is 10.0. The van der Waals surface area contributed by atoms with Crippen LogP contribution in [0.2, 0.25) is 0 Å². The van der Waals surface area contributed by atoms with Crippen molar-refractivity contribution in [3.8, 4) is 0 Å². The van der Waals surface area contributed by atoms with Crippen molar-refractivity contribution in [1.29, 1.82) is 0 Å². The monoisotopic (exact) mass is 219 g/mol. The Morgan fingerprint density at radius 2 is 2.23 bits per heavy atom. The smallest absolute Gasteiger partial charge is 0.361 e. The molecule has 0 fully saturated rings. The molecule has 1 aliphatic carbocycles. The van der Waals surface area contributed by atoms with Crippen LogP contribution in [0.15, 0.2) is 22.2 Å². The molecule has 0 saturated heterocycles. The van der Waals surface area contributed by atoms with Gasteiger partial charge in [0.05, 0.1) is 0 Å². The molecular formula is C6H3Cl2N3O2. The molecule has 0 aromatic rings. The largest absolute Gasteiger partial charge is 0.387 e. The van der Waals surface area contributed by atoms with Gasteiger partial charge >= 0.3 is 11.8 Å². The fourth-order valence-electron chi connectivity index (χ4n) is 0.882. The highest BCUT2D eigenvalue weighted by molar-refractivity contribution is 6.45. The Balaban J connectivity index is 3.19. The maximum Gasteiger partial charge on any atom is 0.387 e. The molecule has 1 rings (SSSR count). The summed E-state index contributed by atoms with van der Waals surface area (Å²) in [5, 5.41) is 10.6. The van der Waals surface area contributed by atoms with E-state index in [0.29, 0.717) is 0 Å². The first-order chi connectivity index (χ1) is 6.06. The molecule has 13 heavy (non-hydrogen) atoms. The quantitative estimate of drug-likeness (QED) is 0.291. The van der Waals surface area contributed by atoms with E-state index in [-0.39, 0.29) is 15.8 Å². The molecule has 1 atom stereocenters. The first kappa shape index (κ1) is 9.92. The van der Waals surface area contributed by atoms with Crippen molar-refractivity contribution in [3.05, 3.63) is 37.9 Å². The fourth-order valence-corrected chi connectivity index (χ4v) is 1.43.